The first kappa shape index (κ1) is 24.7. The predicted octanol–water partition coefficient (Wildman–Crippen LogP) is 4.62. The molecule has 36 heavy (non-hydrogen) atoms. The first-order valence-electron chi connectivity index (χ1n) is 12.2. The fraction of sp³-hybridized carbons (Fsp3) is 0.385. The Labute approximate surface area is 222 Å². The van der Waals surface area contributed by atoms with Crippen LogP contribution in [0, 0.1) is 9.39 Å². The van der Waals surface area contributed by atoms with Crippen LogP contribution in [0.5, 0.6) is 11.6 Å². The number of pyridine rings is 1. The molecule has 2 amide bonds. The summed E-state index contributed by atoms with van der Waals surface area (Å²) in [7, 11) is 0. The summed E-state index contributed by atoms with van der Waals surface area (Å²) in [6, 6.07) is 8.39. The number of carbonyl (C=O) groups excluding carboxylic acids is 2. The number of ether oxygens (including phenoxy) is 1. The minimum absolute atomic E-state index is 0.0275. The third kappa shape index (κ3) is 5.85. The van der Waals surface area contributed by atoms with Crippen LogP contribution in [0.3, 0.4) is 0 Å². The number of amides is 2. The van der Waals surface area contributed by atoms with Gasteiger partial charge in [0.25, 0.3) is 11.8 Å². The number of rotatable bonds is 6. The Morgan fingerprint density at radius 1 is 1.06 bits per heavy atom. The van der Waals surface area contributed by atoms with E-state index in [1.165, 1.54) is 0 Å². The average Bonchev–Trinajstić information content (AvgIpc) is 3.31. The van der Waals surface area contributed by atoms with Crippen LogP contribution in [-0.4, -0.2) is 38.4 Å². The number of halogens is 2. The number of carbonyl (C=O) groups is 2. The molecule has 8 nitrogen and oxygen atoms in total. The van der Waals surface area contributed by atoms with Gasteiger partial charge >= 0.3 is 0 Å². The summed E-state index contributed by atoms with van der Waals surface area (Å²) < 4.78 is 22.8. The van der Waals surface area contributed by atoms with Crippen LogP contribution in [0.1, 0.15) is 65.2 Å². The van der Waals surface area contributed by atoms with Crippen molar-refractivity contribution in [3.63, 3.8) is 0 Å². The second kappa shape index (κ2) is 10.9. The van der Waals surface area contributed by atoms with Gasteiger partial charge in [-0.15, -0.1) is 0 Å². The summed E-state index contributed by atoms with van der Waals surface area (Å²) >= 11 is 2.16. The van der Waals surface area contributed by atoms with Crippen molar-refractivity contribution in [1.82, 2.24) is 25.2 Å². The van der Waals surface area contributed by atoms with E-state index in [0.717, 1.165) is 60.3 Å². The topological polar surface area (TPSA) is 98.1 Å². The summed E-state index contributed by atoms with van der Waals surface area (Å²) in [6.45, 7) is 0.915. The molecule has 1 aliphatic carbocycles. The number of fused-ring (bicyclic) bond motifs is 1. The molecule has 10 heteroatoms. The summed E-state index contributed by atoms with van der Waals surface area (Å²) in [6.07, 6.45) is 8.89. The minimum atomic E-state index is -0.609. The van der Waals surface area contributed by atoms with Gasteiger partial charge in [-0.25, -0.2) is 14.4 Å². The Bertz CT molecular complexity index is 1250. The van der Waals surface area contributed by atoms with Crippen LogP contribution in [-0.2, 0) is 13.0 Å². The molecule has 2 N–H and O–H groups in total. The van der Waals surface area contributed by atoms with Crippen LogP contribution in [0.15, 0.2) is 42.7 Å². The molecule has 0 saturated heterocycles. The van der Waals surface area contributed by atoms with Crippen molar-refractivity contribution >= 4 is 34.4 Å². The molecule has 1 aliphatic heterocycles. The first-order valence-corrected chi connectivity index (χ1v) is 13.3. The molecule has 1 aromatic carbocycles. The molecule has 0 atom stereocenters. The molecule has 2 aromatic heterocycles. The lowest BCUT2D eigenvalue weighted by atomic mass is 9.91. The maximum absolute atomic E-state index is 13.9. The third-order valence-electron chi connectivity index (χ3n) is 6.61. The second-order valence-electron chi connectivity index (χ2n) is 9.25. The zero-order valence-corrected chi connectivity index (χ0v) is 21.8. The second-order valence-corrected chi connectivity index (χ2v) is 10.5. The van der Waals surface area contributed by atoms with Crippen molar-refractivity contribution in [2.75, 3.05) is 0 Å². The van der Waals surface area contributed by atoms with Crippen molar-refractivity contribution in [1.29, 1.82) is 0 Å². The van der Waals surface area contributed by atoms with E-state index in [9.17, 15) is 14.0 Å². The number of nitrogens with one attached hydrogen (secondary N) is 2. The highest BCUT2D eigenvalue weighted by molar-refractivity contribution is 14.1. The highest BCUT2D eigenvalue weighted by Gasteiger charge is 2.27. The molecule has 5 rings (SSSR count). The van der Waals surface area contributed by atoms with Gasteiger partial charge in [0.05, 0.1) is 6.20 Å². The lowest BCUT2D eigenvalue weighted by Gasteiger charge is -2.29. The zero-order chi connectivity index (χ0) is 25.1. The molecule has 0 bridgehead atoms. The minimum Gasteiger partial charge on any atom is -0.438 e. The predicted molar refractivity (Wildman–Crippen MR) is 140 cm³/mol. The summed E-state index contributed by atoms with van der Waals surface area (Å²) in [5, 5.41) is 6.07. The van der Waals surface area contributed by atoms with E-state index in [1.807, 2.05) is 24.4 Å². The fourth-order valence-corrected chi connectivity index (χ4v) is 5.25. The number of hydrogen-bond acceptors (Lipinski definition) is 5. The normalized spacial score (nSPS) is 19.3. The van der Waals surface area contributed by atoms with Crippen LogP contribution in [0.2, 0.25) is 0 Å². The van der Waals surface area contributed by atoms with Crippen LogP contribution in [0.25, 0.3) is 0 Å². The highest BCUT2D eigenvalue weighted by atomic mass is 127. The molecule has 0 radical (unpaired) electrons. The van der Waals surface area contributed by atoms with E-state index in [2.05, 4.69) is 47.8 Å². The summed E-state index contributed by atoms with van der Waals surface area (Å²) in [5.74, 6) is 0.369. The molecule has 0 unspecified atom stereocenters. The van der Waals surface area contributed by atoms with Gasteiger partial charge in [-0.3, -0.25) is 9.59 Å². The van der Waals surface area contributed by atoms with Gasteiger partial charge in [-0.2, -0.15) is 0 Å². The molecule has 3 aromatic rings. The van der Waals surface area contributed by atoms with Gasteiger partial charge in [0.1, 0.15) is 28.6 Å². The van der Waals surface area contributed by atoms with Crippen molar-refractivity contribution in [2.45, 2.75) is 63.6 Å². The van der Waals surface area contributed by atoms with E-state index < -0.39 is 11.7 Å². The Kier molecular flexibility index (Phi) is 7.49. The van der Waals surface area contributed by atoms with Gasteiger partial charge in [0, 0.05) is 34.8 Å². The Morgan fingerprint density at radius 2 is 1.81 bits per heavy atom. The van der Waals surface area contributed by atoms with E-state index in [0.29, 0.717) is 24.3 Å². The summed E-state index contributed by atoms with van der Waals surface area (Å²) in [4.78, 5) is 34.2. The molecule has 3 heterocycles. The highest BCUT2D eigenvalue weighted by Crippen LogP contribution is 2.26. The lowest BCUT2D eigenvalue weighted by molar-refractivity contribution is 0.0887. The molecule has 0 spiro atoms. The van der Waals surface area contributed by atoms with Crippen molar-refractivity contribution in [3.05, 3.63) is 69.2 Å². The van der Waals surface area contributed by atoms with E-state index in [-0.39, 0.29) is 29.4 Å². The fourth-order valence-electron chi connectivity index (χ4n) is 4.74. The molecular formula is C26H27FIN5O3. The Balaban J connectivity index is 1.16. The smallest absolute Gasteiger partial charge is 0.271 e. The Hall–Kier alpha value is -3.02. The molecule has 188 valence electrons. The van der Waals surface area contributed by atoms with Crippen LogP contribution in [0.4, 0.5) is 4.39 Å². The maximum Gasteiger partial charge on any atom is 0.271 e. The number of aromatic nitrogens is 3. The Morgan fingerprint density at radius 3 is 2.53 bits per heavy atom. The van der Waals surface area contributed by atoms with Gasteiger partial charge < -0.3 is 19.9 Å². The number of benzene rings is 1. The van der Waals surface area contributed by atoms with Crippen LogP contribution < -0.4 is 15.4 Å². The van der Waals surface area contributed by atoms with Gasteiger partial charge in [0.15, 0.2) is 0 Å². The quantitative estimate of drug-likeness (QED) is 0.401. The third-order valence-corrected chi connectivity index (χ3v) is 7.28. The molecule has 1 saturated carbocycles. The standard InChI is InChI=1S/C26H27FIN5O3/c27-16-12-21(26(29-14-16)36-20-5-3-4-17(28)13-20)24(34)30-18-7-9-19(10-8-18)31-25(35)22-15-33-11-2-1-6-23(33)32-22/h3-5,12-15,18-19H,1-2,6-11H2,(H,30,34)(H,31,35). The number of aryl methyl sites for hydroxylation is 2. The first-order chi connectivity index (χ1) is 17.4. The number of imidazole rings is 1. The number of nitrogens with zero attached hydrogens (tertiary/aromatic N) is 3. The molecule has 2 aliphatic rings. The van der Waals surface area contributed by atoms with Crippen molar-refractivity contribution in [3.8, 4) is 11.6 Å². The van der Waals surface area contributed by atoms with E-state index in [1.54, 1.807) is 6.07 Å². The average molecular weight is 603 g/mol. The van der Waals surface area contributed by atoms with Gasteiger partial charge in [0.2, 0.25) is 5.88 Å². The lowest BCUT2D eigenvalue weighted by Crippen LogP contribution is -2.44. The SMILES string of the molecule is O=C(NC1CCC(NC(=O)c2cc(F)cnc2Oc2cccc(I)c2)CC1)c1cn2c(n1)CCCC2. The zero-order valence-electron chi connectivity index (χ0n) is 19.7. The van der Waals surface area contributed by atoms with Crippen molar-refractivity contribution < 1.29 is 18.7 Å². The molecular weight excluding hydrogens is 576 g/mol. The van der Waals surface area contributed by atoms with Gasteiger partial charge in [-0.1, -0.05) is 6.07 Å². The summed E-state index contributed by atoms with van der Waals surface area (Å²) in [5.41, 5.74) is 0.523. The van der Waals surface area contributed by atoms with Crippen LogP contribution >= 0.6 is 22.6 Å². The molecule has 1 fully saturated rings. The van der Waals surface area contributed by atoms with Crippen molar-refractivity contribution in [2.24, 2.45) is 0 Å². The maximum atomic E-state index is 13.9. The van der Waals surface area contributed by atoms with E-state index >= 15 is 0 Å². The van der Waals surface area contributed by atoms with Gasteiger partial charge in [-0.05, 0) is 85.4 Å². The van der Waals surface area contributed by atoms with E-state index in [4.69, 9.17) is 4.74 Å². The largest absolute Gasteiger partial charge is 0.438 e. The monoisotopic (exact) mass is 603 g/mol. The number of hydrogen-bond donors (Lipinski definition) is 2.